The van der Waals surface area contributed by atoms with Crippen LogP contribution in [0.25, 0.3) is 0 Å². The summed E-state index contributed by atoms with van der Waals surface area (Å²) in [5.74, 6) is -0.177. The van der Waals surface area contributed by atoms with Crippen molar-refractivity contribution in [2.45, 2.75) is 50.2 Å². The lowest BCUT2D eigenvalue weighted by molar-refractivity contribution is -0.166. The molecule has 1 aromatic carbocycles. The van der Waals surface area contributed by atoms with Crippen LogP contribution in [0.5, 0.6) is 0 Å². The SMILES string of the molecule is CC1(Cc2ccc(F)cc2)CNCC2(CCCC2)O1. The fraction of sp³-hybridized carbons (Fsp3) is 0.625. The number of nitrogens with one attached hydrogen (secondary N) is 1. The van der Waals surface area contributed by atoms with Crippen LogP contribution in [0.15, 0.2) is 24.3 Å². The van der Waals surface area contributed by atoms with Crippen LogP contribution in [0.1, 0.15) is 38.2 Å². The quantitative estimate of drug-likeness (QED) is 0.885. The first-order chi connectivity index (χ1) is 9.09. The van der Waals surface area contributed by atoms with Gasteiger partial charge in [-0.15, -0.1) is 0 Å². The van der Waals surface area contributed by atoms with Gasteiger partial charge in [0.15, 0.2) is 0 Å². The van der Waals surface area contributed by atoms with Crippen LogP contribution in [0.3, 0.4) is 0 Å². The van der Waals surface area contributed by atoms with Crippen molar-refractivity contribution in [3.63, 3.8) is 0 Å². The van der Waals surface area contributed by atoms with E-state index in [0.29, 0.717) is 0 Å². The minimum atomic E-state index is -0.180. The molecule has 0 aromatic heterocycles. The molecular formula is C16H22FNO. The van der Waals surface area contributed by atoms with Gasteiger partial charge in [0, 0.05) is 19.5 Å². The van der Waals surface area contributed by atoms with Crippen molar-refractivity contribution in [1.82, 2.24) is 5.32 Å². The zero-order chi connectivity index (χ0) is 13.3. The molecule has 1 saturated heterocycles. The van der Waals surface area contributed by atoms with Crippen LogP contribution >= 0.6 is 0 Å². The maximum atomic E-state index is 13.0. The van der Waals surface area contributed by atoms with Gasteiger partial charge in [0.05, 0.1) is 11.2 Å². The largest absolute Gasteiger partial charge is 0.366 e. The van der Waals surface area contributed by atoms with Crippen molar-refractivity contribution < 1.29 is 9.13 Å². The van der Waals surface area contributed by atoms with Crippen LogP contribution in [0.2, 0.25) is 0 Å². The van der Waals surface area contributed by atoms with Gasteiger partial charge in [0.1, 0.15) is 5.82 Å². The van der Waals surface area contributed by atoms with E-state index in [9.17, 15) is 4.39 Å². The molecule has 1 N–H and O–H groups in total. The van der Waals surface area contributed by atoms with Crippen molar-refractivity contribution >= 4 is 0 Å². The fourth-order valence-electron chi connectivity index (χ4n) is 3.58. The van der Waals surface area contributed by atoms with E-state index in [0.717, 1.165) is 25.1 Å². The highest BCUT2D eigenvalue weighted by Crippen LogP contribution is 2.39. The number of hydrogen-bond donors (Lipinski definition) is 1. The highest BCUT2D eigenvalue weighted by Gasteiger charge is 2.44. The summed E-state index contributed by atoms with van der Waals surface area (Å²) in [5.41, 5.74) is 1.01. The Morgan fingerprint density at radius 1 is 1.16 bits per heavy atom. The second-order valence-electron chi connectivity index (χ2n) is 6.35. The highest BCUT2D eigenvalue weighted by molar-refractivity contribution is 5.19. The summed E-state index contributed by atoms with van der Waals surface area (Å²) in [7, 11) is 0. The Morgan fingerprint density at radius 2 is 1.84 bits per heavy atom. The van der Waals surface area contributed by atoms with Gasteiger partial charge in [-0.1, -0.05) is 25.0 Å². The molecule has 19 heavy (non-hydrogen) atoms. The monoisotopic (exact) mass is 263 g/mol. The molecule has 0 radical (unpaired) electrons. The second-order valence-corrected chi connectivity index (χ2v) is 6.35. The molecule has 1 saturated carbocycles. The van der Waals surface area contributed by atoms with E-state index in [4.69, 9.17) is 4.74 Å². The molecule has 1 aliphatic carbocycles. The standard InChI is InChI=1S/C16H22FNO/c1-15(10-13-4-6-14(17)7-5-13)11-18-12-16(19-15)8-2-3-9-16/h4-7,18H,2-3,8-12H2,1H3. The minimum Gasteiger partial charge on any atom is -0.366 e. The summed E-state index contributed by atoms with van der Waals surface area (Å²) in [4.78, 5) is 0. The molecule has 1 spiro atoms. The first-order valence-corrected chi connectivity index (χ1v) is 7.25. The summed E-state index contributed by atoms with van der Waals surface area (Å²) in [6.45, 7) is 4.01. The highest BCUT2D eigenvalue weighted by atomic mass is 19.1. The first kappa shape index (κ1) is 13.1. The van der Waals surface area contributed by atoms with Gasteiger partial charge < -0.3 is 10.1 Å². The average Bonchev–Trinajstić information content (AvgIpc) is 2.79. The van der Waals surface area contributed by atoms with E-state index in [1.807, 2.05) is 12.1 Å². The van der Waals surface area contributed by atoms with Gasteiger partial charge in [0.25, 0.3) is 0 Å². The molecule has 1 unspecified atom stereocenters. The summed E-state index contributed by atoms with van der Waals surface area (Å²) >= 11 is 0. The molecule has 3 heteroatoms. The molecule has 104 valence electrons. The van der Waals surface area contributed by atoms with Crippen LogP contribution in [0.4, 0.5) is 4.39 Å². The van der Waals surface area contributed by atoms with Gasteiger partial charge in [-0.3, -0.25) is 0 Å². The molecule has 1 aliphatic heterocycles. The number of hydrogen-bond acceptors (Lipinski definition) is 2. The molecule has 1 atom stereocenters. The summed E-state index contributed by atoms with van der Waals surface area (Å²) < 4.78 is 19.5. The smallest absolute Gasteiger partial charge is 0.123 e. The van der Waals surface area contributed by atoms with Crippen molar-refractivity contribution in [2.75, 3.05) is 13.1 Å². The van der Waals surface area contributed by atoms with Gasteiger partial charge in [-0.05, 0) is 37.5 Å². The molecule has 2 fully saturated rings. The van der Waals surface area contributed by atoms with Crippen LogP contribution in [0, 0.1) is 5.82 Å². The van der Waals surface area contributed by atoms with Crippen LogP contribution < -0.4 is 5.32 Å². The van der Waals surface area contributed by atoms with Crippen molar-refractivity contribution in [3.8, 4) is 0 Å². The summed E-state index contributed by atoms with van der Waals surface area (Å²) in [5, 5.41) is 3.54. The Morgan fingerprint density at radius 3 is 2.53 bits per heavy atom. The van der Waals surface area contributed by atoms with E-state index < -0.39 is 0 Å². The van der Waals surface area contributed by atoms with Crippen molar-refractivity contribution in [3.05, 3.63) is 35.6 Å². The zero-order valence-corrected chi connectivity index (χ0v) is 11.5. The maximum Gasteiger partial charge on any atom is 0.123 e. The number of morpholine rings is 1. The second kappa shape index (κ2) is 4.88. The third-order valence-electron chi connectivity index (χ3n) is 4.42. The first-order valence-electron chi connectivity index (χ1n) is 7.25. The third kappa shape index (κ3) is 2.82. The van der Waals surface area contributed by atoms with E-state index in [1.165, 1.54) is 37.8 Å². The third-order valence-corrected chi connectivity index (χ3v) is 4.42. The Kier molecular flexibility index (Phi) is 3.35. The van der Waals surface area contributed by atoms with Gasteiger partial charge in [-0.2, -0.15) is 0 Å². The maximum absolute atomic E-state index is 13.0. The van der Waals surface area contributed by atoms with Gasteiger partial charge >= 0.3 is 0 Å². The van der Waals surface area contributed by atoms with E-state index in [2.05, 4.69) is 12.2 Å². The Labute approximate surface area is 114 Å². The molecular weight excluding hydrogens is 241 g/mol. The normalized spacial score (nSPS) is 29.8. The minimum absolute atomic E-state index is 0.0486. The van der Waals surface area contributed by atoms with Crippen molar-refractivity contribution in [2.24, 2.45) is 0 Å². The molecule has 3 rings (SSSR count). The van der Waals surface area contributed by atoms with Crippen LogP contribution in [-0.2, 0) is 11.2 Å². The molecule has 2 aliphatic rings. The molecule has 1 heterocycles. The topological polar surface area (TPSA) is 21.3 Å². The van der Waals surface area contributed by atoms with Crippen LogP contribution in [-0.4, -0.2) is 24.3 Å². The van der Waals surface area contributed by atoms with E-state index in [-0.39, 0.29) is 17.0 Å². The lowest BCUT2D eigenvalue weighted by Crippen LogP contribution is -2.59. The summed E-state index contributed by atoms with van der Waals surface area (Å²) in [6, 6.07) is 6.78. The molecule has 0 amide bonds. The Balaban J connectivity index is 1.73. The molecule has 0 bridgehead atoms. The summed E-state index contributed by atoms with van der Waals surface area (Å²) in [6.07, 6.45) is 5.71. The van der Waals surface area contributed by atoms with Gasteiger partial charge in [0.2, 0.25) is 0 Å². The predicted octanol–water partition coefficient (Wildman–Crippen LogP) is 3.06. The van der Waals surface area contributed by atoms with Gasteiger partial charge in [-0.25, -0.2) is 4.39 Å². The fourth-order valence-corrected chi connectivity index (χ4v) is 3.58. The number of rotatable bonds is 2. The number of halogens is 1. The van der Waals surface area contributed by atoms with E-state index in [1.54, 1.807) is 0 Å². The van der Waals surface area contributed by atoms with E-state index >= 15 is 0 Å². The lowest BCUT2D eigenvalue weighted by atomic mass is 9.90. The zero-order valence-electron chi connectivity index (χ0n) is 11.5. The number of ether oxygens (including phenoxy) is 1. The molecule has 2 nitrogen and oxygen atoms in total. The predicted molar refractivity (Wildman–Crippen MR) is 73.7 cm³/mol. The Bertz CT molecular complexity index is 439. The lowest BCUT2D eigenvalue weighted by Gasteiger charge is -2.46. The van der Waals surface area contributed by atoms with Crippen molar-refractivity contribution in [1.29, 1.82) is 0 Å². The average molecular weight is 263 g/mol. The molecule has 1 aromatic rings. The number of benzene rings is 1. The Hall–Kier alpha value is -0.930.